The number of hydrogen-bond donors (Lipinski definition) is 1. The molecule has 0 saturated carbocycles. The lowest BCUT2D eigenvalue weighted by atomic mass is 9.95. The van der Waals surface area contributed by atoms with Crippen molar-refractivity contribution in [2.24, 2.45) is 5.92 Å². The van der Waals surface area contributed by atoms with Crippen LogP contribution in [-0.2, 0) is 23.6 Å². The molecule has 0 unspecified atom stereocenters. The van der Waals surface area contributed by atoms with Crippen molar-refractivity contribution in [3.8, 4) is 0 Å². The second kappa shape index (κ2) is 12.1. The number of benzene rings is 2. The normalized spacial score (nSPS) is 18.9. The summed E-state index contributed by atoms with van der Waals surface area (Å²) in [7, 11) is 1.14. The van der Waals surface area contributed by atoms with Crippen LogP contribution in [0, 0.1) is 12.8 Å². The lowest BCUT2D eigenvalue weighted by Crippen LogP contribution is -2.60. The van der Waals surface area contributed by atoms with Gasteiger partial charge in [-0.2, -0.15) is 26.3 Å². The SMILES string of the molecule is Cc1ccc(C[C@@H]2CN(C(=O)C3CCNCC3)CCN2C(=O)N(C)c2cc(C(F)(F)F)cc(C(F)(F)F)c2)cc1Cl. The van der Waals surface area contributed by atoms with Crippen molar-refractivity contribution in [1.29, 1.82) is 0 Å². The molecule has 2 aromatic rings. The molecule has 2 saturated heterocycles. The second-order valence-corrected chi connectivity index (χ2v) is 11.0. The Morgan fingerprint density at radius 2 is 1.59 bits per heavy atom. The Morgan fingerprint density at radius 1 is 0.976 bits per heavy atom. The van der Waals surface area contributed by atoms with Crippen molar-refractivity contribution in [3.05, 3.63) is 63.7 Å². The summed E-state index contributed by atoms with van der Waals surface area (Å²) in [4.78, 5) is 30.9. The highest BCUT2D eigenvalue weighted by atomic mass is 35.5. The highest BCUT2D eigenvalue weighted by Crippen LogP contribution is 2.38. The molecule has 13 heteroatoms. The smallest absolute Gasteiger partial charge is 0.339 e. The first kappa shape index (κ1) is 31.0. The molecule has 224 valence electrons. The Labute approximate surface area is 239 Å². The van der Waals surface area contributed by atoms with Crippen LogP contribution in [0.15, 0.2) is 36.4 Å². The van der Waals surface area contributed by atoms with Crippen LogP contribution in [0.4, 0.5) is 36.8 Å². The van der Waals surface area contributed by atoms with Gasteiger partial charge in [-0.15, -0.1) is 0 Å². The first-order chi connectivity index (χ1) is 19.1. The van der Waals surface area contributed by atoms with Gasteiger partial charge < -0.3 is 15.1 Å². The quantitative estimate of drug-likeness (QED) is 0.436. The molecule has 1 atom stereocenters. The minimum atomic E-state index is -5.05. The summed E-state index contributed by atoms with van der Waals surface area (Å²) >= 11 is 6.30. The topological polar surface area (TPSA) is 55.9 Å². The van der Waals surface area contributed by atoms with Crippen LogP contribution >= 0.6 is 11.6 Å². The average molecular weight is 605 g/mol. The number of anilines is 1. The molecule has 2 fully saturated rings. The van der Waals surface area contributed by atoms with Crippen LogP contribution in [0.25, 0.3) is 0 Å². The first-order valence-electron chi connectivity index (χ1n) is 13.2. The lowest BCUT2D eigenvalue weighted by Gasteiger charge is -2.44. The van der Waals surface area contributed by atoms with Crippen LogP contribution in [0.2, 0.25) is 5.02 Å². The van der Waals surface area contributed by atoms with Gasteiger partial charge in [-0.05, 0) is 74.7 Å². The second-order valence-electron chi connectivity index (χ2n) is 10.5. The van der Waals surface area contributed by atoms with Gasteiger partial charge >= 0.3 is 18.4 Å². The van der Waals surface area contributed by atoms with Crippen LogP contribution in [0.3, 0.4) is 0 Å². The fourth-order valence-corrected chi connectivity index (χ4v) is 5.48. The van der Waals surface area contributed by atoms with Crippen molar-refractivity contribution >= 4 is 29.2 Å². The van der Waals surface area contributed by atoms with E-state index in [2.05, 4.69) is 5.32 Å². The molecule has 1 N–H and O–H groups in total. The first-order valence-corrected chi connectivity index (χ1v) is 13.6. The fourth-order valence-electron chi connectivity index (χ4n) is 5.28. The van der Waals surface area contributed by atoms with Crippen LogP contribution in [-0.4, -0.2) is 67.6 Å². The van der Waals surface area contributed by atoms with Crippen LogP contribution in [0.1, 0.15) is 35.1 Å². The van der Waals surface area contributed by atoms with Crippen molar-refractivity contribution < 1.29 is 35.9 Å². The summed E-state index contributed by atoms with van der Waals surface area (Å²) in [6.45, 7) is 3.72. The number of amides is 3. The van der Waals surface area contributed by atoms with Gasteiger partial charge in [-0.1, -0.05) is 23.7 Å². The monoisotopic (exact) mass is 604 g/mol. The van der Waals surface area contributed by atoms with Crippen LogP contribution < -0.4 is 10.2 Å². The maximum atomic E-state index is 13.7. The molecule has 0 bridgehead atoms. The third-order valence-electron chi connectivity index (χ3n) is 7.68. The summed E-state index contributed by atoms with van der Waals surface area (Å²) in [5.74, 6) is -0.173. The molecular weight excluding hydrogens is 574 g/mol. The number of rotatable bonds is 4. The fraction of sp³-hybridized carbons (Fsp3) is 0.500. The van der Waals surface area contributed by atoms with Crippen molar-refractivity contribution in [3.63, 3.8) is 0 Å². The van der Waals surface area contributed by atoms with E-state index < -0.39 is 41.2 Å². The molecule has 0 aromatic heterocycles. The number of piperidine rings is 1. The maximum absolute atomic E-state index is 13.7. The molecule has 0 aliphatic carbocycles. The number of nitrogens with one attached hydrogen (secondary N) is 1. The third kappa shape index (κ3) is 7.27. The van der Waals surface area contributed by atoms with Gasteiger partial charge in [0.15, 0.2) is 0 Å². The summed E-state index contributed by atoms with van der Waals surface area (Å²) in [6, 6.07) is 5.13. The van der Waals surface area contributed by atoms with Crippen molar-refractivity contribution in [2.75, 3.05) is 44.7 Å². The number of aryl methyl sites for hydroxylation is 1. The standard InChI is InChI=1S/C28H31ClF6N4O2/c1-17-3-4-18(12-24(17)29)11-23-16-38(25(40)19-5-7-36-8-6-19)9-10-39(23)26(41)37(2)22-14-20(27(30,31)32)13-21(15-22)28(33,34)35/h3-4,12-15,19,23,36H,5-11,16H2,1-2H3/t23-/m1/s1. The molecule has 0 spiro atoms. The van der Waals surface area contributed by atoms with E-state index in [0.29, 0.717) is 30.0 Å². The van der Waals surface area contributed by atoms with Gasteiger partial charge in [0.1, 0.15) is 0 Å². The van der Waals surface area contributed by atoms with Crippen molar-refractivity contribution in [1.82, 2.24) is 15.1 Å². The highest BCUT2D eigenvalue weighted by molar-refractivity contribution is 6.31. The highest BCUT2D eigenvalue weighted by Gasteiger charge is 2.40. The molecule has 2 heterocycles. The minimum absolute atomic E-state index is 0.0217. The summed E-state index contributed by atoms with van der Waals surface area (Å²) in [5.41, 5.74) is -1.93. The average Bonchev–Trinajstić information content (AvgIpc) is 2.93. The number of carbonyl (C=O) groups excluding carboxylic acids is 2. The minimum Gasteiger partial charge on any atom is -0.339 e. The molecule has 0 radical (unpaired) electrons. The van der Waals surface area contributed by atoms with E-state index in [1.54, 1.807) is 11.0 Å². The predicted molar refractivity (Wildman–Crippen MR) is 143 cm³/mol. The zero-order valence-electron chi connectivity index (χ0n) is 22.6. The van der Waals surface area contributed by atoms with E-state index >= 15 is 0 Å². The number of halogens is 7. The van der Waals surface area contributed by atoms with Gasteiger partial charge in [-0.3, -0.25) is 9.69 Å². The number of carbonyl (C=O) groups is 2. The van der Waals surface area contributed by atoms with E-state index in [1.807, 2.05) is 19.1 Å². The van der Waals surface area contributed by atoms with Gasteiger partial charge in [0, 0.05) is 43.3 Å². The number of hydrogen-bond acceptors (Lipinski definition) is 3. The third-order valence-corrected chi connectivity index (χ3v) is 8.09. The number of piperazine rings is 1. The largest absolute Gasteiger partial charge is 0.416 e. The Balaban J connectivity index is 1.63. The Morgan fingerprint density at radius 3 is 2.15 bits per heavy atom. The molecule has 2 aromatic carbocycles. The number of nitrogens with zero attached hydrogens (tertiary/aromatic N) is 3. The van der Waals surface area contributed by atoms with Gasteiger partial charge in [0.25, 0.3) is 0 Å². The molecule has 41 heavy (non-hydrogen) atoms. The maximum Gasteiger partial charge on any atom is 0.416 e. The van der Waals surface area contributed by atoms with Gasteiger partial charge in [-0.25, -0.2) is 4.79 Å². The van der Waals surface area contributed by atoms with E-state index in [4.69, 9.17) is 11.6 Å². The zero-order chi connectivity index (χ0) is 30.1. The zero-order valence-corrected chi connectivity index (χ0v) is 23.3. The number of alkyl halides is 6. The van der Waals surface area contributed by atoms with E-state index in [0.717, 1.165) is 36.2 Å². The molecule has 2 aliphatic heterocycles. The number of urea groups is 1. The van der Waals surface area contributed by atoms with E-state index in [9.17, 15) is 35.9 Å². The summed E-state index contributed by atoms with van der Waals surface area (Å²) < 4.78 is 80.8. The van der Waals surface area contributed by atoms with Gasteiger partial charge in [0.2, 0.25) is 5.91 Å². The molecular formula is C28H31ClF6N4O2. The van der Waals surface area contributed by atoms with Crippen molar-refractivity contribution in [2.45, 2.75) is 44.6 Å². The molecule has 4 rings (SSSR count). The molecule has 6 nitrogen and oxygen atoms in total. The van der Waals surface area contributed by atoms with Gasteiger partial charge in [0.05, 0.1) is 17.2 Å². The predicted octanol–water partition coefficient (Wildman–Crippen LogP) is 6.00. The Hall–Kier alpha value is -2.99. The Bertz CT molecular complexity index is 1250. The lowest BCUT2D eigenvalue weighted by molar-refractivity contribution is -0.143. The molecule has 3 amide bonds. The molecule has 2 aliphatic rings. The van der Waals surface area contributed by atoms with E-state index in [1.165, 1.54) is 4.90 Å². The van der Waals surface area contributed by atoms with Crippen LogP contribution in [0.5, 0.6) is 0 Å². The Kier molecular flexibility index (Phi) is 9.13. The van der Waals surface area contributed by atoms with E-state index in [-0.39, 0.29) is 43.9 Å². The summed E-state index contributed by atoms with van der Waals surface area (Å²) in [6.07, 6.45) is -8.43. The summed E-state index contributed by atoms with van der Waals surface area (Å²) in [5, 5.41) is 3.73.